The zero-order valence-electron chi connectivity index (χ0n) is 9.75. The first-order valence-corrected chi connectivity index (χ1v) is 6.57. The Morgan fingerprint density at radius 2 is 1.94 bits per heavy atom. The minimum absolute atomic E-state index is 0.0287. The molecule has 1 amide bonds. The maximum atomic E-state index is 12.3. The van der Waals surface area contributed by atoms with Gasteiger partial charge in [-0.25, -0.2) is 0 Å². The van der Waals surface area contributed by atoms with E-state index in [0.29, 0.717) is 21.5 Å². The second-order valence-corrected chi connectivity index (χ2v) is 5.53. The van der Waals surface area contributed by atoms with E-state index in [2.05, 4.69) is 6.92 Å². The van der Waals surface area contributed by atoms with Crippen molar-refractivity contribution in [3.8, 4) is 0 Å². The van der Waals surface area contributed by atoms with Crippen LogP contribution in [0.5, 0.6) is 0 Å². The predicted octanol–water partition coefficient (Wildman–Crippen LogP) is 3.87. The highest BCUT2D eigenvalue weighted by Crippen LogP contribution is 2.22. The molecule has 2 nitrogen and oxygen atoms in total. The summed E-state index contributed by atoms with van der Waals surface area (Å²) in [6.45, 7) is 3.82. The molecule has 1 aromatic rings. The van der Waals surface area contributed by atoms with Gasteiger partial charge in [0, 0.05) is 28.7 Å². The van der Waals surface area contributed by atoms with Gasteiger partial charge in [-0.05, 0) is 37.0 Å². The normalized spacial score (nSPS) is 20.4. The first-order valence-electron chi connectivity index (χ1n) is 5.81. The van der Waals surface area contributed by atoms with E-state index in [9.17, 15) is 4.79 Å². The van der Waals surface area contributed by atoms with Gasteiger partial charge >= 0.3 is 0 Å². The second-order valence-electron chi connectivity index (χ2n) is 4.66. The van der Waals surface area contributed by atoms with Crippen molar-refractivity contribution in [1.82, 2.24) is 4.90 Å². The van der Waals surface area contributed by atoms with E-state index in [1.807, 2.05) is 4.90 Å². The highest BCUT2D eigenvalue weighted by Gasteiger charge is 2.22. The summed E-state index contributed by atoms with van der Waals surface area (Å²) in [5, 5.41) is 1.01. The standard InChI is InChI=1S/C13H15Cl2NO/c1-9-3-2-4-16(8-9)13(17)10-5-11(14)7-12(15)6-10/h5-7,9H,2-4,8H2,1H3. The monoisotopic (exact) mass is 271 g/mol. The number of benzene rings is 1. The number of rotatable bonds is 1. The van der Waals surface area contributed by atoms with Crippen molar-refractivity contribution in [2.45, 2.75) is 19.8 Å². The van der Waals surface area contributed by atoms with E-state index in [0.717, 1.165) is 19.5 Å². The fraction of sp³-hybridized carbons (Fsp3) is 0.462. The molecule has 92 valence electrons. The average Bonchev–Trinajstić information content (AvgIpc) is 2.26. The third-order valence-corrected chi connectivity index (χ3v) is 3.49. The Morgan fingerprint density at radius 3 is 2.53 bits per heavy atom. The smallest absolute Gasteiger partial charge is 0.253 e. The summed E-state index contributed by atoms with van der Waals surface area (Å²) in [4.78, 5) is 14.1. The Hall–Kier alpha value is -0.730. The molecule has 1 fully saturated rings. The molecule has 1 aliphatic rings. The molecule has 1 atom stereocenters. The van der Waals surface area contributed by atoms with Gasteiger partial charge in [-0.15, -0.1) is 0 Å². The third-order valence-electron chi connectivity index (χ3n) is 3.05. The lowest BCUT2D eigenvalue weighted by atomic mass is 9.99. The van der Waals surface area contributed by atoms with Crippen LogP contribution in [0.25, 0.3) is 0 Å². The first-order chi connectivity index (χ1) is 8.06. The fourth-order valence-corrected chi connectivity index (χ4v) is 2.76. The molecule has 1 heterocycles. The molecule has 0 aromatic heterocycles. The van der Waals surface area contributed by atoms with Crippen LogP contribution in [0.2, 0.25) is 10.0 Å². The van der Waals surface area contributed by atoms with Gasteiger partial charge in [-0.1, -0.05) is 30.1 Å². The molecule has 1 saturated heterocycles. The van der Waals surface area contributed by atoms with Crippen molar-refractivity contribution in [3.63, 3.8) is 0 Å². The Kier molecular flexibility index (Phi) is 3.95. The highest BCUT2D eigenvalue weighted by atomic mass is 35.5. The van der Waals surface area contributed by atoms with Gasteiger partial charge in [0.1, 0.15) is 0 Å². The summed E-state index contributed by atoms with van der Waals surface area (Å²) in [6.07, 6.45) is 2.27. The van der Waals surface area contributed by atoms with Crippen LogP contribution in [0.15, 0.2) is 18.2 Å². The van der Waals surface area contributed by atoms with Crippen molar-refractivity contribution in [2.75, 3.05) is 13.1 Å². The second kappa shape index (κ2) is 5.28. The first kappa shape index (κ1) is 12.7. The van der Waals surface area contributed by atoms with E-state index in [-0.39, 0.29) is 5.91 Å². The summed E-state index contributed by atoms with van der Waals surface area (Å²) in [6, 6.07) is 4.99. The van der Waals surface area contributed by atoms with Crippen LogP contribution in [0.3, 0.4) is 0 Å². The molecule has 2 rings (SSSR count). The lowest BCUT2D eigenvalue weighted by Crippen LogP contribution is -2.39. The Labute approximate surface area is 112 Å². The van der Waals surface area contributed by atoms with Gasteiger partial charge < -0.3 is 4.90 Å². The van der Waals surface area contributed by atoms with E-state index in [4.69, 9.17) is 23.2 Å². The van der Waals surface area contributed by atoms with Gasteiger partial charge in [0.25, 0.3) is 5.91 Å². The Morgan fingerprint density at radius 1 is 1.29 bits per heavy atom. The van der Waals surface area contributed by atoms with Crippen molar-refractivity contribution in [3.05, 3.63) is 33.8 Å². The molecular weight excluding hydrogens is 257 g/mol. The van der Waals surface area contributed by atoms with Crippen LogP contribution in [-0.2, 0) is 0 Å². The molecule has 1 unspecified atom stereocenters. The van der Waals surface area contributed by atoms with Gasteiger partial charge in [-0.3, -0.25) is 4.79 Å². The molecule has 1 aromatic carbocycles. The quantitative estimate of drug-likeness (QED) is 0.760. The number of amides is 1. The van der Waals surface area contributed by atoms with E-state index < -0.39 is 0 Å². The molecule has 0 aliphatic carbocycles. The molecule has 0 bridgehead atoms. The van der Waals surface area contributed by atoms with Gasteiger partial charge in [-0.2, -0.15) is 0 Å². The number of hydrogen-bond donors (Lipinski definition) is 0. The fourth-order valence-electron chi connectivity index (χ4n) is 2.23. The van der Waals surface area contributed by atoms with Crippen LogP contribution in [0.4, 0.5) is 0 Å². The van der Waals surface area contributed by atoms with Gasteiger partial charge in [0.05, 0.1) is 0 Å². The topological polar surface area (TPSA) is 20.3 Å². The molecule has 0 N–H and O–H groups in total. The summed E-state index contributed by atoms with van der Waals surface area (Å²) < 4.78 is 0. The van der Waals surface area contributed by atoms with Crippen LogP contribution in [0, 0.1) is 5.92 Å². The molecule has 0 spiro atoms. The van der Waals surface area contributed by atoms with E-state index in [1.165, 1.54) is 6.42 Å². The van der Waals surface area contributed by atoms with Crippen molar-refractivity contribution in [2.24, 2.45) is 5.92 Å². The molecule has 0 saturated carbocycles. The van der Waals surface area contributed by atoms with Crippen molar-refractivity contribution >= 4 is 29.1 Å². The maximum Gasteiger partial charge on any atom is 0.253 e. The van der Waals surface area contributed by atoms with Crippen LogP contribution in [-0.4, -0.2) is 23.9 Å². The SMILES string of the molecule is CC1CCCN(C(=O)c2cc(Cl)cc(Cl)c2)C1. The molecule has 0 radical (unpaired) electrons. The van der Waals surface area contributed by atoms with E-state index in [1.54, 1.807) is 18.2 Å². The van der Waals surface area contributed by atoms with Crippen LogP contribution >= 0.6 is 23.2 Å². The Bertz CT molecular complexity index is 413. The number of halogens is 2. The lowest BCUT2D eigenvalue weighted by molar-refractivity contribution is 0.0683. The van der Waals surface area contributed by atoms with Crippen molar-refractivity contribution < 1.29 is 4.79 Å². The largest absolute Gasteiger partial charge is 0.338 e. The summed E-state index contributed by atoms with van der Waals surface area (Å²) in [5.74, 6) is 0.600. The van der Waals surface area contributed by atoms with Gasteiger partial charge in [0.15, 0.2) is 0 Å². The van der Waals surface area contributed by atoms with Crippen molar-refractivity contribution in [1.29, 1.82) is 0 Å². The highest BCUT2D eigenvalue weighted by molar-refractivity contribution is 6.35. The zero-order chi connectivity index (χ0) is 12.4. The van der Waals surface area contributed by atoms with Gasteiger partial charge in [0.2, 0.25) is 0 Å². The Balaban J connectivity index is 2.18. The number of carbonyl (C=O) groups is 1. The number of likely N-dealkylation sites (tertiary alicyclic amines) is 1. The predicted molar refractivity (Wildman–Crippen MR) is 70.8 cm³/mol. The van der Waals surface area contributed by atoms with Crippen LogP contribution < -0.4 is 0 Å². The third kappa shape index (κ3) is 3.14. The average molecular weight is 272 g/mol. The molecular formula is C13H15Cl2NO. The molecule has 4 heteroatoms. The molecule has 17 heavy (non-hydrogen) atoms. The lowest BCUT2D eigenvalue weighted by Gasteiger charge is -2.31. The minimum atomic E-state index is 0.0287. The molecule has 1 aliphatic heterocycles. The number of nitrogens with zero attached hydrogens (tertiary/aromatic N) is 1. The summed E-state index contributed by atoms with van der Waals surface area (Å²) in [5.41, 5.74) is 0.580. The zero-order valence-corrected chi connectivity index (χ0v) is 11.3. The minimum Gasteiger partial charge on any atom is -0.338 e. The maximum absolute atomic E-state index is 12.3. The summed E-state index contributed by atoms with van der Waals surface area (Å²) >= 11 is 11.8. The van der Waals surface area contributed by atoms with E-state index >= 15 is 0 Å². The number of hydrogen-bond acceptors (Lipinski definition) is 1. The number of piperidine rings is 1. The van der Waals surface area contributed by atoms with Crippen LogP contribution in [0.1, 0.15) is 30.1 Å². The number of carbonyl (C=O) groups excluding carboxylic acids is 1. The summed E-state index contributed by atoms with van der Waals surface area (Å²) in [7, 11) is 0.